The van der Waals surface area contributed by atoms with E-state index in [2.05, 4.69) is 0 Å². The molecule has 2 aromatic heterocycles. The molecule has 8 nitrogen and oxygen atoms in total. The zero-order valence-corrected chi connectivity index (χ0v) is 17.1. The first-order valence-electron chi connectivity index (χ1n) is 9.64. The summed E-state index contributed by atoms with van der Waals surface area (Å²) in [4.78, 5) is 52.6. The van der Waals surface area contributed by atoms with Crippen molar-refractivity contribution in [3.8, 4) is 0 Å². The van der Waals surface area contributed by atoms with Crippen LogP contribution in [0.25, 0.3) is 16.6 Å². The van der Waals surface area contributed by atoms with Crippen LogP contribution in [0.5, 0.6) is 0 Å². The smallest absolute Gasteiger partial charge is 0.332 e. The third-order valence-electron chi connectivity index (χ3n) is 5.69. The summed E-state index contributed by atoms with van der Waals surface area (Å²) in [5.41, 5.74) is 0.841. The van der Waals surface area contributed by atoms with E-state index >= 15 is 0 Å². The van der Waals surface area contributed by atoms with E-state index in [1.165, 1.54) is 36.3 Å². The quantitative estimate of drug-likeness (QED) is 0.632. The number of hydrogen-bond donors (Lipinski definition) is 0. The lowest BCUT2D eigenvalue weighted by Gasteiger charge is -2.27. The van der Waals surface area contributed by atoms with Crippen molar-refractivity contribution in [1.82, 2.24) is 18.6 Å². The lowest BCUT2D eigenvalue weighted by atomic mass is 9.99. The monoisotopic (exact) mass is 406 g/mol. The van der Waals surface area contributed by atoms with E-state index in [9.17, 15) is 19.2 Å². The van der Waals surface area contributed by atoms with Gasteiger partial charge in [0.1, 0.15) is 5.65 Å². The Morgan fingerprint density at radius 2 is 1.63 bits per heavy atom. The topological polar surface area (TPSA) is 86.3 Å². The van der Waals surface area contributed by atoms with Crippen LogP contribution in [0.15, 0.2) is 56.9 Å². The molecular formula is C22H22N4O4. The Morgan fingerprint density at radius 1 is 0.933 bits per heavy atom. The number of nitrogens with zero attached hydrogens (tertiary/aromatic N) is 4. The van der Waals surface area contributed by atoms with Gasteiger partial charge in [-0.3, -0.25) is 28.1 Å². The average molecular weight is 406 g/mol. The molecule has 1 amide bonds. The van der Waals surface area contributed by atoms with Gasteiger partial charge in [-0.2, -0.15) is 0 Å². The van der Waals surface area contributed by atoms with Crippen LogP contribution < -0.4 is 16.8 Å². The molecule has 0 saturated heterocycles. The number of rotatable bonds is 2. The molecule has 0 saturated carbocycles. The van der Waals surface area contributed by atoms with Crippen LogP contribution in [-0.4, -0.2) is 37.6 Å². The Bertz CT molecular complexity index is 1380. The number of aryl methyl sites for hydroxylation is 2. The van der Waals surface area contributed by atoms with E-state index in [1.54, 1.807) is 4.90 Å². The maximum absolute atomic E-state index is 13.3. The molecule has 0 radical (unpaired) electrons. The van der Waals surface area contributed by atoms with Gasteiger partial charge in [0.15, 0.2) is 0 Å². The summed E-state index contributed by atoms with van der Waals surface area (Å²) in [7, 11) is 4.32. The van der Waals surface area contributed by atoms with Gasteiger partial charge >= 0.3 is 5.69 Å². The van der Waals surface area contributed by atoms with Gasteiger partial charge < -0.3 is 4.90 Å². The Balaban J connectivity index is 1.81. The lowest BCUT2D eigenvalue weighted by Crippen LogP contribution is -2.42. The van der Waals surface area contributed by atoms with E-state index in [0.717, 1.165) is 15.7 Å². The Kier molecular flexibility index (Phi) is 4.77. The van der Waals surface area contributed by atoms with Gasteiger partial charge in [-0.15, -0.1) is 0 Å². The predicted molar refractivity (Wildman–Crippen MR) is 115 cm³/mol. The maximum atomic E-state index is 13.3. The van der Waals surface area contributed by atoms with Crippen molar-refractivity contribution in [1.29, 1.82) is 0 Å². The molecule has 0 fully saturated rings. The highest BCUT2D eigenvalue weighted by Crippen LogP contribution is 2.23. The summed E-state index contributed by atoms with van der Waals surface area (Å²) in [5, 5.41) is 0.0736. The van der Waals surface area contributed by atoms with Crippen molar-refractivity contribution in [2.45, 2.75) is 6.42 Å². The Morgan fingerprint density at radius 3 is 2.27 bits per heavy atom. The van der Waals surface area contributed by atoms with E-state index in [1.807, 2.05) is 36.4 Å². The highest BCUT2D eigenvalue weighted by Gasteiger charge is 2.25. The third kappa shape index (κ3) is 3.01. The molecule has 1 aliphatic heterocycles. The van der Waals surface area contributed by atoms with Crippen molar-refractivity contribution in [2.75, 3.05) is 13.1 Å². The lowest BCUT2D eigenvalue weighted by molar-refractivity contribution is 0.0774. The summed E-state index contributed by atoms with van der Waals surface area (Å²) in [6.45, 7) is 0.855. The van der Waals surface area contributed by atoms with Crippen LogP contribution in [-0.2, 0) is 21.1 Å². The fraction of sp³-hybridized carbons (Fsp3) is 0.273. The molecule has 0 bridgehead atoms. The fourth-order valence-corrected chi connectivity index (χ4v) is 3.97. The summed E-state index contributed by atoms with van der Waals surface area (Å²) >= 11 is 0. The van der Waals surface area contributed by atoms with Crippen LogP contribution in [0.4, 0.5) is 0 Å². The number of pyridine rings is 1. The minimum Gasteiger partial charge on any atom is -0.335 e. The number of benzene rings is 1. The van der Waals surface area contributed by atoms with Gasteiger partial charge in [-0.05, 0) is 17.6 Å². The molecule has 1 aliphatic rings. The Labute approximate surface area is 171 Å². The van der Waals surface area contributed by atoms with Crippen molar-refractivity contribution in [3.05, 3.63) is 84.8 Å². The molecule has 0 spiro atoms. The van der Waals surface area contributed by atoms with Gasteiger partial charge in [-0.1, -0.05) is 36.4 Å². The van der Waals surface area contributed by atoms with E-state index in [4.69, 9.17) is 0 Å². The summed E-state index contributed by atoms with van der Waals surface area (Å²) < 4.78 is 3.39. The summed E-state index contributed by atoms with van der Waals surface area (Å²) in [6.07, 6.45) is 2.67. The largest absolute Gasteiger partial charge is 0.335 e. The van der Waals surface area contributed by atoms with Gasteiger partial charge in [0.05, 0.1) is 10.9 Å². The first kappa shape index (κ1) is 19.6. The zero-order chi connectivity index (χ0) is 21.6. The van der Waals surface area contributed by atoms with Gasteiger partial charge in [0.2, 0.25) is 0 Å². The highest BCUT2D eigenvalue weighted by molar-refractivity contribution is 6.05. The van der Waals surface area contributed by atoms with Gasteiger partial charge in [-0.25, -0.2) is 4.79 Å². The van der Waals surface area contributed by atoms with Crippen LogP contribution in [0, 0.1) is 0 Å². The standard InChI is InChI=1S/C22H22N4O4/c1-23-17(27)13-16(18-19(23)24(2)22(30)25(3)21(18)29)20(28)26-11-9-15(10-12-26)14-7-5-4-6-8-14/h4-9,13H,10-12H2,1-3H3. The van der Waals surface area contributed by atoms with Gasteiger partial charge in [0, 0.05) is 40.3 Å². The second kappa shape index (κ2) is 7.29. The van der Waals surface area contributed by atoms with E-state index < -0.39 is 22.7 Å². The maximum Gasteiger partial charge on any atom is 0.332 e. The molecule has 0 atom stereocenters. The van der Waals surface area contributed by atoms with Crippen LogP contribution in [0.1, 0.15) is 22.3 Å². The molecule has 8 heteroatoms. The number of aromatic nitrogens is 3. The molecular weight excluding hydrogens is 384 g/mol. The third-order valence-corrected chi connectivity index (χ3v) is 5.69. The molecule has 0 N–H and O–H groups in total. The molecule has 0 aliphatic carbocycles. The van der Waals surface area contributed by atoms with Crippen molar-refractivity contribution in [3.63, 3.8) is 0 Å². The number of hydrogen-bond acceptors (Lipinski definition) is 4. The Hall–Kier alpha value is -3.68. The first-order chi connectivity index (χ1) is 14.3. The van der Waals surface area contributed by atoms with Gasteiger partial charge in [0.25, 0.3) is 17.0 Å². The number of amides is 1. The van der Waals surface area contributed by atoms with Crippen molar-refractivity contribution in [2.24, 2.45) is 21.1 Å². The highest BCUT2D eigenvalue weighted by atomic mass is 16.2. The SMILES string of the molecule is Cn1c(=O)c2c(C(=O)N3CC=C(c4ccccc4)CC3)cc(=O)n(C)c2n(C)c1=O. The number of carbonyl (C=O) groups is 1. The second-order valence-corrected chi connectivity index (χ2v) is 7.46. The molecule has 4 rings (SSSR count). The first-order valence-corrected chi connectivity index (χ1v) is 9.64. The minimum absolute atomic E-state index is 0.0286. The molecule has 154 valence electrons. The zero-order valence-electron chi connectivity index (χ0n) is 17.1. The second-order valence-electron chi connectivity index (χ2n) is 7.46. The number of fused-ring (bicyclic) bond motifs is 1. The number of carbonyl (C=O) groups excluding carboxylic acids is 1. The molecule has 1 aromatic carbocycles. The molecule has 0 unspecified atom stereocenters. The van der Waals surface area contributed by atoms with Crippen LogP contribution in [0.3, 0.4) is 0 Å². The summed E-state index contributed by atoms with van der Waals surface area (Å²) in [5.74, 6) is -0.392. The fourth-order valence-electron chi connectivity index (χ4n) is 3.97. The predicted octanol–water partition coefficient (Wildman–Crippen LogP) is 0.865. The van der Waals surface area contributed by atoms with Crippen LogP contribution in [0.2, 0.25) is 0 Å². The van der Waals surface area contributed by atoms with E-state index in [0.29, 0.717) is 19.5 Å². The minimum atomic E-state index is -0.593. The normalized spacial score (nSPS) is 14.1. The van der Waals surface area contributed by atoms with E-state index in [-0.39, 0.29) is 16.6 Å². The molecule has 3 aromatic rings. The average Bonchev–Trinajstić information content (AvgIpc) is 2.78. The molecule has 3 heterocycles. The van der Waals surface area contributed by atoms with Crippen LogP contribution >= 0.6 is 0 Å². The molecule has 30 heavy (non-hydrogen) atoms. The van der Waals surface area contributed by atoms with Crippen molar-refractivity contribution < 1.29 is 4.79 Å². The van der Waals surface area contributed by atoms with Crippen molar-refractivity contribution >= 4 is 22.5 Å². The summed E-state index contributed by atoms with van der Waals surface area (Å²) in [6, 6.07) is 11.1.